The first-order valence-electron chi connectivity index (χ1n) is 5.65. The van der Waals surface area contributed by atoms with Crippen molar-refractivity contribution >= 4 is 5.91 Å². The predicted octanol–water partition coefficient (Wildman–Crippen LogP) is 0.530. The Labute approximate surface area is 103 Å². The van der Waals surface area contributed by atoms with Crippen LogP contribution in [0.3, 0.4) is 0 Å². The molecule has 92 valence electrons. The molecule has 0 bridgehead atoms. The predicted molar refractivity (Wildman–Crippen MR) is 68.7 cm³/mol. The zero-order valence-electron chi connectivity index (χ0n) is 10.4. The molecule has 0 radical (unpaired) electrons. The van der Waals surface area contributed by atoms with E-state index in [2.05, 4.69) is 10.8 Å². The van der Waals surface area contributed by atoms with Crippen LogP contribution in [0.25, 0.3) is 0 Å². The number of carbonyl (C=O) groups is 1. The highest BCUT2D eigenvalue weighted by atomic mass is 16.2. The summed E-state index contributed by atoms with van der Waals surface area (Å²) in [5.74, 6) is 2.69. The molecule has 4 heteroatoms. The van der Waals surface area contributed by atoms with Crippen LogP contribution in [-0.4, -0.2) is 41.9 Å². The summed E-state index contributed by atoms with van der Waals surface area (Å²) in [4.78, 5) is 15.2. The maximum absolute atomic E-state index is 11.2. The SMILES string of the molecule is C#C/C(C)=C/C(=C\N)N1CCN(C(C)=O)CC1. The van der Waals surface area contributed by atoms with E-state index in [0.29, 0.717) is 0 Å². The molecule has 0 aromatic rings. The van der Waals surface area contributed by atoms with Gasteiger partial charge in [0.15, 0.2) is 0 Å². The molecular formula is C13H19N3O. The second-order valence-corrected chi connectivity index (χ2v) is 4.06. The summed E-state index contributed by atoms with van der Waals surface area (Å²) in [6.45, 7) is 6.51. The lowest BCUT2D eigenvalue weighted by atomic mass is 10.2. The molecule has 1 fully saturated rings. The molecule has 2 N–H and O–H groups in total. The molecule has 1 rings (SSSR count). The monoisotopic (exact) mass is 233 g/mol. The number of hydrogen-bond donors (Lipinski definition) is 1. The highest BCUT2D eigenvalue weighted by molar-refractivity contribution is 5.73. The number of nitrogens with zero attached hydrogens (tertiary/aromatic N) is 2. The fourth-order valence-electron chi connectivity index (χ4n) is 1.79. The second kappa shape index (κ2) is 6.00. The maximum atomic E-state index is 11.2. The molecule has 1 saturated heterocycles. The largest absolute Gasteiger partial charge is 0.403 e. The van der Waals surface area contributed by atoms with Crippen LogP contribution in [0.4, 0.5) is 0 Å². The Morgan fingerprint density at radius 1 is 1.24 bits per heavy atom. The molecule has 0 atom stereocenters. The lowest BCUT2D eigenvalue weighted by Crippen LogP contribution is -2.47. The molecule has 0 saturated carbocycles. The summed E-state index contributed by atoms with van der Waals surface area (Å²) >= 11 is 0. The van der Waals surface area contributed by atoms with Gasteiger partial charge in [-0.25, -0.2) is 0 Å². The molecule has 1 aliphatic rings. The van der Waals surface area contributed by atoms with Crippen LogP contribution in [0.15, 0.2) is 23.5 Å². The van der Waals surface area contributed by atoms with Crippen LogP contribution in [-0.2, 0) is 4.79 Å². The van der Waals surface area contributed by atoms with E-state index in [1.54, 1.807) is 13.1 Å². The van der Waals surface area contributed by atoms with Crippen molar-refractivity contribution in [3.05, 3.63) is 23.5 Å². The van der Waals surface area contributed by atoms with Crippen LogP contribution in [0.1, 0.15) is 13.8 Å². The van der Waals surface area contributed by atoms with E-state index in [1.807, 2.05) is 17.9 Å². The van der Waals surface area contributed by atoms with Crippen molar-refractivity contribution in [2.75, 3.05) is 26.2 Å². The van der Waals surface area contributed by atoms with E-state index in [-0.39, 0.29) is 5.91 Å². The Balaban J connectivity index is 2.65. The van der Waals surface area contributed by atoms with Gasteiger partial charge in [-0.1, -0.05) is 5.92 Å². The van der Waals surface area contributed by atoms with Crippen molar-refractivity contribution in [1.82, 2.24) is 9.80 Å². The van der Waals surface area contributed by atoms with Gasteiger partial charge in [0.05, 0.1) is 5.70 Å². The molecular weight excluding hydrogens is 214 g/mol. The maximum Gasteiger partial charge on any atom is 0.219 e. The molecule has 1 amide bonds. The van der Waals surface area contributed by atoms with E-state index < -0.39 is 0 Å². The number of allylic oxidation sites excluding steroid dienone is 2. The Morgan fingerprint density at radius 3 is 2.18 bits per heavy atom. The lowest BCUT2D eigenvalue weighted by Gasteiger charge is -2.36. The van der Waals surface area contributed by atoms with E-state index in [4.69, 9.17) is 12.2 Å². The Kier molecular flexibility index (Phi) is 4.65. The summed E-state index contributed by atoms with van der Waals surface area (Å²) in [7, 11) is 0. The molecule has 0 aromatic heterocycles. The third kappa shape index (κ3) is 3.56. The zero-order valence-corrected chi connectivity index (χ0v) is 10.4. The summed E-state index contributed by atoms with van der Waals surface area (Å²) in [6.07, 6.45) is 8.76. The summed E-state index contributed by atoms with van der Waals surface area (Å²) in [5, 5.41) is 0. The minimum atomic E-state index is 0.123. The van der Waals surface area contributed by atoms with Gasteiger partial charge < -0.3 is 15.5 Å². The van der Waals surface area contributed by atoms with Gasteiger partial charge >= 0.3 is 0 Å². The number of piperazine rings is 1. The molecule has 17 heavy (non-hydrogen) atoms. The van der Waals surface area contributed by atoms with Crippen LogP contribution in [0.2, 0.25) is 0 Å². The Bertz CT molecular complexity index is 382. The van der Waals surface area contributed by atoms with Crippen molar-refractivity contribution in [2.45, 2.75) is 13.8 Å². The van der Waals surface area contributed by atoms with E-state index in [9.17, 15) is 4.79 Å². The minimum Gasteiger partial charge on any atom is -0.403 e. The zero-order chi connectivity index (χ0) is 12.8. The molecule has 0 aromatic carbocycles. The van der Waals surface area contributed by atoms with Gasteiger partial charge in [-0.15, -0.1) is 6.42 Å². The quantitative estimate of drug-likeness (QED) is 0.559. The van der Waals surface area contributed by atoms with Crippen molar-refractivity contribution in [3.63, 3.8) is 0 Å². The average molecular weight is 233 g/mol. The highest BCUT2D eigenvalue weighted by Gasteiger charge is 2.19. The van der Waals surface area contributed by atoms with Crippen molar-refractivity contribution in [3.8, 4) is 12.3 Å². The van der Waals surface area contributed by atoms with Crippen LogP contribution in [0.5, 0.6) is 0 Å². The van der Waals surface area contributed by atoms with E-state index in [1.165, 1.54) is 0 Å². The molecule has 1 aliphatic heterocycles. The minimum absolute atomic E-state index is 0.123. The number of rotatable bonds is 2. The number of terminal acetylenes is 1. The molecule has 4 nitrogen and oxygen atoms in total. The second-order valence-electron chi connectivity index (χ2n) is 4.06. The summed E-state index contributed by atoms with van der Waals surface area (Å²) in [5.41, 5.74) is 7.37. The lowest BCUT2D eigenvalue weighted by molar-refractivity contribution is -0.130. The Hall–Kier alpha value is -1.89. The van der Waals surface area contributed by atoms with Crippen LogP contribution >= 0.6 is 0 Å². The fourth-order valence-corrected chi connectivity index (χ4v) is 1.79. The van der Waals surface area contributed by atoms with E-state index >= 15 is 0 Å². The fraction of sp³-hybridized carbons (Fsp3) is 0.462. The van der Waals surface area contributed by atoms with Crippen molar-refractivity contribution in [2.24, 2.45) is 5.73 Å². The average Bonchev–Trinajstić information content (AvgIpc) is 2.35. The van der Waals surface area contributed by atoms with Crippen molar-refractivity contribution < 1.29 is 4.79 Å². The normalized spacial score (nSPS) is 17.9. The van der Waals surface area contributed by atoms with Gasteiger partial charge in [-0.2, -0.15) is 0 Å². The van der Waals surface area contributed by atoms with Crippen LogP contribution < -0.4 is 5.73 Å². The standard InChI is InChI=1S/C13H19N3O/c1-4-11(2)9-13(10-14)16-7-5-15(6-8-16)12(3)17/h1,9-10H,5-8,14H2,2-3H3/b11-9+,13-10+. The topological polar surface area (TPSA) is 49.6 Å². The van der Waals surface area contributed by atoms with Gasteiger partial charge in [0.25, 0.3) is 0 Å². The molecule has 0 aliphatic carbocycles. The third-order valence-corrected chi connectivity index (χ3v) is 2.85. The smallest absolute Gasteiger partial charge is 0.219 e. The van der Waals surface area contributed by atoms with Crippen LogP contribution in [0, 0.1) is 12.3 Å². The summed E-state index contributed by atoms with van der Waals surface area (Å²) < 4.78 is 0. The first kappa shape index (κ1) is 13.2. The van der Waals surface area contributed by atoms with Gasteiger partial charge in [-0.3, -0.25) is 4.79 Å². The van der Waals surface area contributed by atoms with Gasteiger partial charge in [-0.05, 0) is 13.0 Å². The number of carbonyl (C=O) groups excluding carboxylic acids is 1. The molecule has 0 unspecified atom stereocenters. The first-order chi connectivity index (χ1) is 8.08. The van der Waals surface area contributed by atoms with Gasteiger partial charge in [0, 0.05) is 44.9 Å². The van der Waals surface area contributed by atoms with Gasteiger partial charge in [0.2, 0.25) is 5.91 Å². The highest BCUT2D eigenvalue weighted by Crippen LogP contribution is 2.11. The number of amides is 1. The van der Waals surface area contributed by atoms with Gasteiger partial charge in [0.1, 0.15) is 0 Å². The molecule has 0 spiro atoms. The number of nitrogens with two attached hydrogens (primary N) is 1. The van der Waals surface area contributed by atoms with Crippen molar-refractivity contribution in [1.29, 1.82) is 0 Å². The summed E-state index contributed by atoms with van der Waals surface area (Å²) in [6, 6.07) is 0. The third-order valence-electron chi connectivity index (χ3n) is 2.85. The molecule has 1 heterocycles. The number of hydrogen-bond acceptors (Lipinski definition) is 3. The Morgan fingerprint density at radius 2 is 1.76 bits per heavy atom. The van der Waals surface area contributed by atoms with E-state index in [0.717, 1.165) is 37.4 Å². The first-order valence-corrected chi connectivity index (χ1v) is 5.65.